The molecule has 2 heterocycles. The number of ether oxygens (including phenoxy) is 2. The molecule has 3 aromatic rings. The number of piperidine rings is 1. The molecule has 5 rings (SSSR count). The molecule has 0 aromatic heterocycles. The van der Waals surface area contributed by atoms with Crippen LogP contribution in [-0.2, 0) is 20.7 Å². The van der Waals surface area contributed by atoms with Crippen LogP contribution in [0.4, 0.5) is 8.78 Å². The number of benzene rings is 3. The van der Waals surface area contributed by atoms with Crippen LogP contribution in [0.25, 0.3) is 0 Å². The first kappa shape index (κ1) is 27.5. The predicted molar refractivity (Wildman–Crippen MR) is 147 cm³/mol. The first-order valence-electron chi connectivity index (χ1n) is 14.1. The summed E-state index contributed by atoms with van der Waals surface area (Å²) in [5.41, 5.74) is 2.90. The van der Waals surface area contributed by atoms with E-state index in [1.165, 1.54) is 36.9 Å². The van der Waals surface area contributed by atoms with Crippen molar-refractivity contribution < 1.29 is 23.0 Å². The third-order valence-electron chi connectivity index (χ3n) is 8.36. The molecule has 0 amide bonds. The Labute approximate surface area is 229 Å². The largest absolute Gasteiger partial charge is 0.469 e. The number of nitrogens with zero attached hydrogens (tertiary/aromatic N) is 1. The number of carbonyl (C=O) groups is 1. The SMILES string of the molecule is COC(=O)[C@H]1[C@@H](OC(c2ccc(F)cc2)c2ccc(F)cc2)C[C@H]2CC[C@@H]1N2CCCCCc1ccccc1. The molecule has 2 fully saturated rings. The Morgan fingerprint density at radius 1 is 0.872 bits per heavy atom. The molecule has 206 valence electrons. The summed E-state index contributed by atoms with van der Waals surface area (Å²) in [6.07, 6.45) is 6.25. The van der Waals surface area contributed by atoms with Gasteiger partial charge in [0.15, 0.2) is 0 Å². The van der Waals surface area contributed by atoms with E-state index in [9.17, 15) is 13.6 Å². The fraction of sp³-hybridized carbons (Fsp3) is 0.424. The monoisotopic (exact) mass is 533 g/mol. The van der Waals surface area contributed by atoms with Crippen molar-refractivity contribution in [3.05, 3.63) is 107 Å². The molecular formula is C33H37F2NO3. The van der Waals surface area contributed by atoms with Gasteiger partial charge in [-0.05, 0) is 86.0 Å². The lowest BCUT2D eigenvalue weighted by Crippen LogP contribution is -2.55. The summed E-state index contributed by atoms with van der Waals surface area (Å²) in [6, 6.07) is 23.3. The summed E-state index contributed by atoms with van der Waals surface area (Å²) in [6.45, 7) is 0.962. The number of hydrogen-bond acceptors (Lipinski definition) is 4. The van der Waals surface area contributed by atoms with Crippen molar-refractivity contribution in [2.75, 3.05) is 13.7 Å². The van der Waals surface area contributed by atoms with Crippen molar-refractivity contribution in [1.29, 1.82) is 0 Å². The van der Waals surface area contributed by atoms with Gasteiger partial charge in [-0.3, -0.25) is 9.69 Å². The molecule has 0 spiro atoms. The Morgan fingerprint density at radius 2 is 1.51 bits per heavy atom. The van der Waals surface area contributed by atoms with Crippen LogP contribution in [0.2, 0.25) is 0 Å². The van der Waals surface area contributed by atoms with Gasteiger partial charge >= 0.3 is 5.97 Å². The van der Waals surface area contributed by atoms with Gasteiger partial charge in [0, 0.05) is 12.1 Å². The van der Waals surface area contributed by atoms with Crippen LogP contribution >= 0.6 is 0 Å². The number of carbonyl (C=O) groups excluding carboxylic acids is 1. The minimum absolute atomic E-state index is 0.0670. The summed E-state index contributed by atoms with van der Waals surface area (Å²) in [7, 11) is 1.44. The molecule has 0 saturated carbocycles. The fourth-order valence-corrected chi connectivity index (χ4v) is 6.45. The molecule has 39 heavy (non-hydrogen) atoms. The van der Waals surface area contributed by atoms with Gasteiger partial charge < -0.3 is 9.47 Å². The summed E-state index contributed by atoms with van der Waals surface area (Å²) < 4.78 is 39.4. The molecule has 2 aliphatic heterocycles. The molecular weight excluding hydrogens is 496 g/mol. The van der Waals surface area contributed by atoms with Crippen LogP contribution in [0.1, 0.15) is 61.3 Å². The van der Waals surface area contributed by atoms with Crippen LogP contribution in [0, 0.1) is 17.6 Å². The lowest BCUT2D eigenvalue weighted by Gasteiger charge is -2.44. The highest BCUT2D eigenvalue weighted by molar-refractivity contribution is 5.74. The normalized spacial score (nSPS) is 22.8. The van der Waals surface area contributed by atoms with E-state index in [4.69, 9.17) is 9.47 Å². The molecule has 0 aliphatic carbocycles. The van der Waals surface area contributed by atoms with Gasteiger partial charge in [0.1, 0.15) is 17.7 Å². The summed E-state index contributed by atoms with van der Waals surface area (Å²) in [5.74, 6) is -1.34. The van der Waals surface area contributed by atoms with E-state index in [2.05, 4.69) is 29.2 Å². The third-order valence-corrected chi connectivity index (χ3v) is 8.36. The number of aryl methyl sites for hydroxylation is 1. The zero-order valence-corrected chi connectivity index (χ0v) is 22.5. The van der Waals surface area contributed by atoms with E-state index in [-0.39, 0.29) is 29.7 Å². The lowest BCUT2D eigenvalue weighted by molar-refractivity contribution is -0.163. The molecule has 0 unspecified atom stereocenters. The van der Waals surface area contributed by atoms with Crippen molar-refractivity contribution in [1.82, 2.24) is 4.90 Å². The number of esters is 1. The second-order valence-electron chi connectivity index (χ2n) is 10.8. The maximum atomic E-state index is 13.7. The molecule has 2 saturated heterocycles. The Balaban J connectivity index is 1.29. The molecule has 3 aromatic carbocycles. The van der Waals surface area contributed by atoms with Crippen LogP contribution in [0.3, 0.4) is 0 Å². The molecule has 4 nitrogen and oxygen atoms in total. The second kappa shape index (κ2) is 12.8. The highest BCUT2D eigenvalue weighted by atomic mass is 19.1. The molecule has 0 N–H and O–H groups in total. The smallest absolute Gasteiger partial charge is 0.312 e. The molecule has 2 aliphatic rings. The molecule has 6 heteroatoms. The van der Waals surface area contributed by atoms with Gasteiger partial charge in [0.05, 0.1) is 19.1 Å². The number of methoxy groups -OCH3 is 1. The van der Waals surface area contributed by atoms with E-state index in [1.807, 2.05) is 6.07 Å². The topological polar surface area (TPSA) is 38.8 Å². The van der Waals surface area contributed by atoms with E-state index < -0.39 is 12.0 Å². The number of unbranched alkanes of at least 4 members (excludes halogenated alkanes) is 2. The second-order valence-corrected chi connectivity index (χ2v) is 10.8. The van der Waals surface area contributed by atoms with E-state index in [0.717, 1.165) is 62.6 Å². The van der Waals surface area contributed by atoms with Crippen LogP contribution in [-0.4, -0.2) is 42.7 Å². The van der Waals surface area contributed by atoms with Crippen LogP contribution < -0.4 is 0 Å². The zero-order chi connectivity index (χ0) is 27.2. The highest BCUT2D eigenvalue weighted by Crippen LogP contribution is 2.43. The van der Waals surface area contributed by atoms with Crippen molar-refractivity contribution in [3.63, 3.8) is 0 Å². The minimum atomic E-state index is -0.549. The van der Waals surface area contributed by atoms with E-state index in [1.54, 1.807) is 24.3 Å². The van der Waals surface area contributed by atoms with Gasteiger partial charge in [0.25, 0.3) is 0 Å². The fourth-order valence-electron chi connectivity index (χ4n) is 6.45. The van der Waals surface area contributed by atoms with Crippen LogP contribution in [0.15, 0.2) is 78.9 Å². The lowest BCUT2D eigenvalue weighted by atomic mass is 9.86. The number of fused-ring (bicyclic) bond motifs is 2. The minimum Gasteiger partial charge on any atom is -0.469 e. The third kappa shape index (κ3) is 6.56. The van der Waals surface area contributed by atoms with E-state index in [0.29, 0.717) is 6.04 Å². The summed E-state index contributed by atoms with van der Waals surface area (Å²) >= 11 is 0. The predicted octanol–water partition coefficient (Wildman–Crippen LogP) is 6.88. The number of hydrogen-bond donors (Lipinski definition) is 0. The van der Waals surface area contributed by atoms with Gasteiger partial charge in [0.2, 0.25) is 0 Å². The van der Waals surface area contributed by atoms with Crippen molar-refractivity contribution in [2.24, 2.45) is 5.92 Å². The molecule has 4 atom stereocenters. The van der Waals surface area contributed by atoms with E-state index >= 15 is 0 Å². The first-order chi connectivity index (χ1) is 19.0. The Kier molecular flexibility index (Phi) is 9.05. The Hall–Kier alpha value is -3.09. The molecule has 2 bridgehead atoms. The average molecular weight is 534 g/mol. The van der Waals surface area contributed by atoms with Gasteiger partial charge in [-0.15, -0.1) is 0 Å². The maximum Gasteiger partial charge on any atom is 0.312 e. The number of halogens is 2. The van der Waals surface area contributed by atoms with Crippen molar-refractivity contribution in [3.8, 4) is 0 Å². The average Bonchev–Trinajstić information content (AvgIpc) is 3.24. The van der Waals surface area contributed by atoms with Gasteiger partial charge in [-0.25, -0.2) is 8.78 Å². The van der Waals surface area contributed by atoms with Crippen molar-refractivity contribution >= 4 is 5.97 Å². The van der Waals surface area contributed by atoms with Crippen LogP contribution in [0.5, 0.6) is 0 Å². The highest BCUT2D eigenvalue weighted by Gasteiger charge is 2.51. The quantitative estimate of drug-likeness (QED) is 0.199. The van der Waals surface area contributed by atoms with Crippen molar-refractivity contribution in [2.45, 2.75) is 69.2 Å². The maximum absolute atomic E-state index is 13.7. The summed E-state index contributed by atoms with van der Waals surface area (Å²) in [5, 5.41) is 0. The standard InChI is InChI=1S/C33H37F2NO3/c1-38-33(37)31-29-20-19-28(36(29)21-7-3-6-10-23-8-4-2-5-9-23)22-30(31)39-32(24-11-15-26(34)16-12-24)25-13-17-27(35)18-14-25/h2,4-5,8-9,11-18,28-32H,3,6-7,10,19-22H2,1H3/t28-,29+,30+,31-/m1/s1. The number of rotatable bonds is 11. The zero-order valence-electron chi connectivity index (χ0n) is 22.5. The Bertz CT molecular complexity index is 1160. The molecule has 0 radical (unpaired) electrons. The summed E-state index contributed by atoms with van der Waals surface area (Å²) in [4.78, 5) is 15.7. The Morgan fingerprint density at radius 3 is 2.13 bits per heavy atom. The van der Waals surface area contributed by atoms with Gasteiger partial charge in [-0.2, -0.15) is 0 Å². The van der Waals surface area contributed by atoms with Gasteiger partial charge in [-0.1, -0.05) is 61.0 Å². The first-order valence-corrected chi connectivity index (χ1v) is 14.1.